The molecule has 0 amide bonds. The molecule has 0 aromatic heterocycles. The first-order chi connectivity index (χ1) is 6.45. The molecule has 3 atom stereocenters. The van der Waals surface area contributed by atoms with Crippen LogP contribution in [0.5, 0.6) is 0 Å². The van der Waals surface area contributed by atoms with Crippen molar-refractivity contribution >= 4 is 5.78 Å². The summed E-state index contributed by atoms with van der Waals surface area (Å²) in [5, 5.41) is 20.0. The third-order valence-corrected chi connectivity index (χ3v) is 4.17. The third kappa shape index (κ3) is 1.39. The van der Waals surface area contributed by atoms with Crippen LogP contribution in [-0.2, 0) is 4.79 Å². The summed E-state index contributed by atoms with van der Waals surface area (Å²) in [4.78, 5) is 11.3. The average molecular weight is 198 g/mol. The van der Waals surface area contributed by atoms with Crippen LogP contribution in [0.3, 0.4) is 0 Å². The van der Waals surface area contributed by atoms with Gasteiger partial charge < -0.3 is 10.2 Å². The van der Waals surface area contributed by atoms with Crippen molar-refractivity contribution in [2.75, 3.05) is 0 Å². The van der Waals surface area contributed by atoms with E-state index in [0.717, 1.165) is 19.3 Å². The highest BCUT2D eigenvalue weighted by atomic mass is 16.3. The summed E-state index contributed by atoms with van der Waals surface area (Å²) in [5.41, 5.74) is -1.10. The molecule has 80 valence electrons. The molecule has 3 nitrogen and oxygen atoms in total. The van der Waals surface area contributed by atoms with E-state index in [2.05, 4.69) is 0 Å². The lowest BCUT2D eigenvalue weighted by Gasteiger charge is -2.52. The Morgan fingerprint density at radius 2 is 2.14 bits per heavy atom. The zero-order chi connectivity index (χ0) is 10.4. The highest BCUT2D eigenvalue weighted by molar-refractivity contribution is 5.80. The molecule has 2 fully saturated rings. The van der Waals surface area contributed by atoms with E-state index in [1.54, 1.807) is 0 Å². The lowest BCUT2D eigenvalue weighted by molar-refractivity contribution is -0.168. The van der Waals surface area contributed by atoms with Gasteiger partial charge >= 0.3 is 0 Å². The predicted molar refractivity (Wildman–Crippen MR) is 51.8 cm³/mol. The van der Waals surface area contributed by atoms with Crippen molar-refractivity contribution in [3.63, 3.8) is 0 Å². The summed E-state index contributed by atoms with van der Waals surface area (Å²) >= 11 is 0. The van der Waals surface area contributed by atoms with Crippen LogP contribution in [-0.4, -0.2) is 27.7 Å². The Bertz CT molecular complexity index is 263. The standard InChI is InChI=1S/C11H18O3/c1-10-4-2-8(12)6-11(10,14)7-9(13)3-5-10/h8,12,14H,2-7H2,1H3/t8?,10-,11-/m1/s1. The lowest BCUT2D eigenvalue weighted by atomic mass is 9.57. The first-order valence-corrected chi connectivity index (χ1v) is 5.37. The molecule has 2 saturated carbocycles. The van der Waals surface area contributed by atoms with E-state index in [4.69, 9.17) is 0 Å². The van der Waals surface area contributed by atoms with Gasteiger partial charge in [0.1, 0.15) is 5.78 Å². The van der Waals surface area contributed by atoms with E-state index < -0.39 is 11.7 Å². The maximum absolute atomic E-state index is 11.3. The molecule has 2 aliphatic carbocycles. The van der Waals surface area contributed by atoms with E-state index in [0.29, 0.717) is 12.8 Å². The van der Waals surface area contributed by atoms with Crippen LogP contribution in [0.2, 0.25) is 0 Å². The number of aliphatic hydroxyl groups excluding tert-OH is 1. The Morgan fingerprint density at radius 3 is 2.86 bits per heavy atom. The first kappa shape index (κ1) is 10.1. The predicted octanol–water partition coefficient (Wildman–Crippen LogP) is 1.02. The van der Waals surface area contributed by atoms with Crippen molar-refractivity contribution in [3.05, 3.63) is 0 Å². The fourth-order valence-corrected chi connectivity index (χ4v) is 2.93. The van der Waals surface area contributed by atoms with Gasteiger partial charge in [0.05, 0.1) is 11.7 Å². The molecule has 2 N–H and O–H groups in total. The van der Waals surface area contributed by atoms with Gasteiger partial charge in [0, 0.05) is 19.3 Å². The highest BCUT2D eigenvalue weighted by Crippen LogP contribution is 2.51. The van der Waals surface area contributed by atoms with Crippen LogP contribution in [0, 0.1) is 5.41 Å². The molecule has 0 aromatic rings. The fourth-order valence-electron chi connectivity index (χ4n) is 2.93. The van der Waals surface area contributed by atoms with E-state index in [9.17, 15) is 15.0 Å². The smallest absolute Gasteiger partial charge is 0.135 e. The quantitative estimate of drug-likeness (QED) is 0.611. The molecule has 0 aromatic carbocycles. The largest absolute Gasteiger partial charge is 0.393 e. The second kappa shape index (κ2) is 3.04. The normalized spacial score (nSPS) is 48.8. The number of hydrogen-bond acceptors (Lipinski definition) is 3. The summed E-state index contributed by atoms with van der Waals surface area (Å²) in [6.45, 7) is 2.05. The zero-order valence-electron chi connectivity index (χ0n) is 8.62. The van der Waals surface area contributed by atoms with Gasteiger partial charge in [0.25, 0.3) is 0 Å². The summed E-state index contributed by atoms with van der Waals surface area (Å²) in [6, 6.07) is 0. The monoisotopic (exact) mass is 198 g/mol. The van der Waals surface area contributed by atoms with Gasteiger partial charge in [0.15, 0.2) is 0 Å². The second-order valence-electron chi connectivity index (χ2n) is 5.20. The van der Waals surface area contributed by atoms with Gasteiger partial charge in [-0.3, -0.25) is 4.79 Å². The molecular formula is C11H18O3. The van der Waals surface area contributed by atoms with E-state index >= 15 is 0 Å². The molecule has 2 aliphatic rings. The van der Waals surface area contributed by atoms with Gasteiger partial charge in [-0.25, -0.2) is 0 Å². The highest BCUT2D eigenvalue weighted by Gasteiger charge is 2.53. The Hall–Kier alpha value is -0.410. The van der Waals surface area contributed by atoms with Crippen LogP contribution in [0.4, 0.5) is 0 Å². The zero-order valence-corrected chi connectivity index (χ0v) is 8.62. The molecule has 14 heavy (non-hydrogen) atoms. The molecule has 0 bridgehead atoms. The minimum atomic E-state index is -0.944. The van der Waals surface area contributed by atoms with Gasteiger partial charge in [-0.05, 0) is 24.7 Å². The van der Waals surface area contributed by atoms with Crippen molar-refractivity contribution < 1.29 is 15.0 Å². The topological polar surface area (TPSA) is 57.5 Å². The van der Waals surface area contributed by atoms with Crippen molar-refractivity contribution in [3.8, 4) is 0 Å². The molecule has 0 radical (unpaired) electrons. The molecule has 0 aliphatic heterocycles. The number of Topliss-reactive ketones (excluding diaryl/α,β-unsaturated/α-hetero) is 1. The van der Waals surface area contributed by atoms with Crippen molar-refractivity contribution in [2.24, 2.45) is 5.41 Å². The molecule has 0 spiro atoms. The minimum Gasteiger partial charge on any atom is -0.393 e. The van der Waals surface area contributed by atoms with Crippen molar-refractivity contribution in [2.45, 2.75) is 57.2 Å². The molecule has 2 rings (SSSR count). The van der Waals surface area contributed by atoms with E-state index in [1.807, 2.05) is 6.92 Å². The van der Waals surface area contributed by atoms with Crippen molar-refractivity contribution in [1.29, 1.82) is 0 Å². The number of ketones is 1. The SMILES string of the molecule is C[C@@]12CCC(=O)C[C@]1(O)CC(O)CC2. The van der Waals surface area contributed by atoms with Crippen LogP contribution in [0.25, 0.3) is 0 Å². The molecule has 1 unspecified atom stereocenters. The molecule has 0 saturated heterocycles. The average Bonchev–Trinajstić information content (AvgIpc) is 2.08. The van der Waals surface area contributed by atoms with Gasteiger partial charge in [-0.1, -0.05) is 6.92 Å². The number of rotatable bonds is 0. The van der Waals surface area contributed by atoms with Crippen molar-refractivity contribution in [1.82, 2.24) is 0 Å². The van der Waals surface area contributed by atoms with Crippen LogP contribution in [0.15, 0.2) is 0 Å². The van der Waals surface area contributed by atoms with Crippen LogP contribution < -0.4 is 0 Å². The Kier molecular flexibility index (Phi) is 2.20. The minimum absolute atomic E-state index is 0.138. The van der Waals surface area contributed by atoms with E-state index in [-0.39, 0.29) is 17.6 Å². The number of hydrogen-bond donors (Lipinski definition) is 2. The van der Waals surface area contributed by atoms with Gasteiger partial charge in [-0.2, -0.15) is 0 Å². The summed E-state index contributed by atoms with van der Waals surface area (Å²) in [6.07, 6.45) is 3.13. The number of carbonyl (C=O) groups is 1. The fraction of sp³-hybridized carbons (Fsp3) is 0.909. The Morgan fingerprint density at radius 1 is 1.43 bits per heavy atom. The number of fused-ring (bicyclic) bond motifs is 1. The number of aliphatic hydroxyl groups is 2. The van der Waals surface area contributed by atoms with Gasteiger partial charge in [0.2, 0.25) is 0 Å². The number of carbonyl (C=O) groups excluding carboxylic acids is 1. The first-order valence-electron chi connectivity index (χ1n) is 5.37. The van der Waals surface area contributed by atoms with Crippen LogP contribution in [0.1, 0.15) is 45.4 Å². The molecular weight excluding hydrogens is 180 g/mol. The second-order valence-corrected chi connectivity index (χ2v) is 5.20. The lowest BCUT2D eigenvalue weighted by Crippen LogP contribution is -2.56. The summed E-state index contributed by atoms with van der Waals surface area (Å²) in [5.74, 6) is 0.138. The van der Waals surface area contributed by atoms with Gasteiger partial charge in [-0.15, -0.1) is 0 Å². The summed E-state index contributed by atoms with van der Waals surface area (Å²) in [7, 11) is 0. The molecule has 0 heterocycles. The Balaban J connectivity index is 2.25. The maximum atomic E-state index is 11.3. The maximum Gasteiger partial charge on any atom is 0.135 e. The molecule has 3 heteroatoms. The van der Waals surface area contributed by atoms with E-state index in [1.165, 1.54) is 0 Å². The third-order valence-electron chi connectivity index (χ3n) is 4.17. The summed E-state index contributed by atoms with van der Waals surface area (Å²) < 4.78 is 0. The van der Waals surface area contributed by atoms with Crippen LogP contribution >= 0.6 is 0 Å². The Labute approximate surface area is 84.1 Å².